The fourth-order valence-corrected chi connectivity index (χ4v) is 6.62. The molecule has 1 saturated heterocycles. The number of fused-ring (bicyclic) bond motifs is 1. The molecule has 0 unspecified atom stereocenters. The first-order valence-corrected chi connectivity index (χ1v) is 16.6. The van der Waals surface area contributed by atoms with Gasteiger partial charge in [-0.05, 0) is 79.7 Å². The molecule has 0 saturated carbocycles. The first-order chi connectivity index (χ1) is 21.5. The van der Waals surface area contributed by atoms with Crippen LogP contribution in [0.5, 0.6) is 5.75 Å². The van der Waals surface area contributed by atoms with Crippen LogP contribution in [0.2, 0.25) is 0 Å². The molecule has 44 heavy (non-hydrogen) atoms. The summed E-state index contributed by atoms with van der Waals surface area (Å²) in [5.74, 6) is 1.44. The number of piperazine rings is 1. The third-order valence-corrected chi connectivity index (χ3v) is 9.31. The molecule has 0 aliphatic carbocycles. The van der Waals surface area contributed by atoms with Crippen molar-refractivity contribution < 1.29 is 14.3 Å². The van der Waals surface area contributed by atoms with Crippen LogP contribution < -0.4 is 20.3 Å². The molecule has 2 aromatic heterocycles. The molecule has 1 aliphatic heterocycles. The minimum atomic E-state index is -0.270. The predicted octanol–water partition coefficient (Wildman–Crippen LogP) is 5.12. The number of benzene rings is 2. The third-order valence-electron chi connectivity index (χ3n) is 8.44. The molecule has 1 fully saturated rings. The number of thiophene rings is 1. The highest BCUT2D eigenvalue weighted by Gasteiger charge is 2.20. The summed E-state index contributed by atoms with van der Waals surface area (Å²) < 4.78 is 7.60. The average Bonchev–Trinajstić information content (AvgIpc) is 3.70. The minimum Gasteiger partial charge on any atom is -0.497 e. The molecule has 0 atom stereocenters. The number of anilines is 1. The third kappa shape index (κ3) is 7.78. The van der Waals surface area contributed by atoms with Crippen molar-refractivity contribution in [2.24, 2.45) is 0 Å². The number of nitrogens with zero attached hydrogens (tertiary/aromatic N) is 4. The van der Waals surface area contributed by atoms with Gasteiger partial charge in [0.1, 0.15) is 11.6 Å². The van der Waals surface area contributed by atoms with Gasteiger partial charge in [0, 0.05) is 61.3 Å². The summed E-state index contributed by atoms with van der Waals surface area (Å²) in [4.78, 5) is 36.4. The highest BCUT2D eigenvalue weighted by molar-refractivity contribution is 7.09. The topological polar surface area (TPSA) is 91.7 Å². The van der Waals surface area contributed by atoms with Crippen molar-refractivity contribution in [1.82, 2.24) is 25.1 Å². The zero-order valence-electron chi connectivity index (χ0n) is 26.1. The van der Waals surface area contributed by atoms with Crippen LogP contribution in [0.1, 0.15) is 60.2 Å². The number of nitrogens with one attached hydrogen (secondary N) is 2. The Morgan fingerprint density at radius 1 is 1.00 bits per heavy atom. The van der Waals surface area contributed by atoms with Gasteiger partial charge in [0.2, 0.25) is 5.91 Å². The van der Waals surface area contributed by atoms with Crippen LogP contribution in [0.15, 0.2) is 60.0 Å². The zero-order chi connectivity index (χ0) is 30.9. The summed E-state index contributed by atoms with van der Waals surface area (Å²) in [5.41, 5.74) is 3.58. The molecular weight excluding hydrogens is 572 g/mol. The molecule has 2 N–H and O–H groups in total. The number of amides is 2. The normalized spacial score (nSPS) is 13.9. The number of carbonyl (C=O) groups excluding carboxylic acids is 2. The fourth-order valence-electron chi connectivity index (χ4n) is 5.92. The molecule has 10 heteroatoms. The van der Waals surface area contributed by atoms with E-state index in [0.29, 0.717) is 18.2 Å². The van der Waals surface area contributed by atoms with Gasteiger partial charge in [-0.1, -0.05) is 19.9 Å². The molecule has 234 valence electrons. The van der Waals surface area contributed by atoms with Crippen LogP contribution in [-0.4, -0.2) is 79.2 Å². The maximum Gasteiger partial charge on any atom is 0.251 e. The van der Waals surface area contributed by atoms with Gasteiger partial charge in [-0.3, -0.25) is 14.5 Å². The second-order valence-electron chi connectivity index (χ2n) is 11.2. The summed E-state index contributed by atoms with van der Waals surface area (Å²) in [6, 6.07) is 18.4. The Morgan fingerprint density at radius 3 is 2.45 bits per heavy atom. The molecular formula is C34H44N6O3S. The van der Waals surface area contributed by atoms with E-state index in [4.69, 9.17) is 9.72 Å². The van der Waals surface area contributed by atoms with E-state index in [9.17, 15) is 9.59 Å². The van der Waals surface area contributed by atoms with E-state index in [2.05, 4.69) is 68.5 Å². The Balaban J connectivity index is 1.06. The smallest absolute Gasteiger partial charge is 0.251 e. The van der Waals surface area contributed by atoms with Gasteiger partial charge in [-0.15, -0.1) is 11.3 Å². The molecule has 0 bridgehead atoms. The maximum atomic E-state index is 12.9. The molecule has 0 radical (unpaired) electrons. The van der Waals surface area contributed by atoms with Crippen molar-refractivity contribution in [3.63, 3.8) is 0 Å². The minimum absolute atomic E-state index is 0.0524. The van der Waals surface area contributed by atoms with Gasteiger partial charge in [-0.25, -0.2) is 4.98 Å². The number of hydrogen-bond donors (Lipinski definition) is 2. The van der Waals surface area contributed by atoms with E-state index >= 15 is 0 Å². The van der Waals surface area contributed by atoms with Gasteiger partial charge in [0.25, 0.3) is 5.91 Å². The molecule has 2 amide bonds. The first kappa shape index (κ1) is 31.5. The number of carbonyl (C=O) groups is 2. The molecule has 9 nitrogen and oxygen atoms in total. The van der Waals surface area contributed by atoms with Crippen LogP contribution >= 0.6 is 11.3 Å². The molecule has 1 aliphatic rings. The van der Waals surface area contributed by atoms with Gasteiger partial charge in [0.15, 0.2) is 0 Å². The quantitative estimate of drug-likeness (QED) is 0.191. The van der Waals surface area contributed by atoms with Gasteiger partial charge in [0.05, 0.1) is 24.7 Å². The van der Waals surface area contributed by atoms with Crippen molar-refractivity contribution in [1.29, 1.82) is 0 Å². The van der Waals surface area contributed by atoms with Gasteiger partial charge in [-0.2, -0.15) is 0 Å². The highest BCUT2D eigenvalue weighted by Crippen LogP contribution is 2.28. The van der Waals surface area contributed by atoms with E-state index in [1.165, 1.54) is 10.6 Å². The second kappa shape index (κ2) is 15.2. The zero-order valence-corrected chi connectivity index (χ0v) is 26.9. The predicted molar refractivity (Wildman–Crippen MR) is 178 cm³/mol. The Bertz CT molecular complexity index is 1510. The lowest BCUT2D eigenvalue weighted by Crippen LogP contribution is -2.47. The molecule has 5 rings (SSSR count). The van der Waals surface area contributed by atoms with Crippen LogP contribution in [-0.2, 0) is 11.2 Å². The van der Waals surface area contributed by atoms with Crippen molar-refractivity contribution in [3.05, 3.63) is 76.2 Å². The second-order valence-corrected chi connectivity index (χ2v) is 12.3. The number of rotatable bonds is 14. The number of ether oxygens (including phenoxy) is 1. The summed E-state index contributed by atoms with van der Waals surface area (Å²) in [5, 5.41) is 7.81. The Kier molecular flexibility index (Phi) is 10.9. The monoisotopic (exact) mass is 616 g/mol. The van der Waals surface area contributed by atoms with E-state index in [0.717, 1.165) is 81.0 Å². The number of imidazole rings is 1. The average molecular weight is 617 g/mol. The van der Waals surface area contributed by atoms with Gasteiger partial charge < -0.3 is 24.8 Å². The van der Waals surface area contributed by atoms with E-state index in [1.807, 2.05) is 30.3 Å². The summed E-state index contributed by atoms with van der Waals surface area (Å²) in [6.07, 6.45) is 3.66. The summed E-state index contributed by atoms with van der Waals surface area (Å²) >= 11 is 1.73. The van der Waals surface area contributed by atoms with Crippen LogP contribution in [0.3, 0.4) is 0 Å². The Morgan fingerprint density at radius 2 is 1.77 bits per heavy atom. The summed E-state index contributed by atoms with van der Waals surface area (Å²) in [7, 11) is 1.68. The van der Waals surface area contributed by atoms with Crippen LogP contribution in [0.4, 0.5) is 5.69 Å². The van der Waals surface area contributed by atoms with Crippen molar-refractivity contribution >= 4 is 39.9 Å². The summed E-state index contributed by atoms with van der Waals surface area (Å²) in [6.45, 7) is 9.80. The highest BCUT2D eigenvalue weighted by atomic mass is 32.1. The number of methoxy groups -OCH3 is 1. The van der Waals surface area contributed by atoms with Gasteiger partial charge >= 0.3 is 0 Å². The first-order valence-electron chi connectivity index (χ1n) is 15.7. The molecule has 3 heterocycles. The van der Waals surface area contributed by atoms with E-state index < -0.39 is 0 Å². The van der Waals surface area contributed by atoms with E-state index in [1.54, 1.807) is 18.4 Å². The fraction of sp³-hybridized carbons (Fsp3) is 0.441. The lowest BCUT2D eigenvalue weighted by Gasteiger charge is -2.36. The molecule has 2 aromatic carbocycles. The standard InChI is InChI=1S/C34H44N6O3S/c1-4-26(5-2)40-31-14-9-25(22-30(31)37-32(40)23-29-8-6-21-44-29)34(42)36-24-33(41)35-15-7-16-38-17-19-39(20-18-38)27-10-12-28(43-3)13-11-27/h6,8-14,21-22,26H,4-5,7,15-20,23-24H2,1-3H3,(H,35,41)(H,36,42). The SMILES string of the molecule is CCC(CC)n1c(Cc2cccs2)nc2cc(C(=O)NCC(=O)NCCCN3CCN(c4ccc(OC)cc4)CC3)ccc21. The molecule has 4 aromatic rings. The number of aromatic nitrogens is 2. The molecule has 0 spiro atoms. The maximum absolute atomic E-state index is 12.9. The van der Waals surface area contributed by atoms with E-state index in [-0.39, 0.29) is 18.4 Å². The van der Waals surface area contributed by atoms with Crippen molar-refractivity contribution in [2.45, 2.75) is 45.6 Å². The Labute approximate surface area is 264 Å². The lowest BCUT2D eigenvalue weighted by atomic mass is 10.1. The Hall–Kier alpha value is -3.89. The van der Waals surface area contributed by atoms with Crippen LogP contribution in [0.25, 0.3) is 11.0 Å². The number of hydrogen-bond acceptors (Lipinski definition) is 7. The van der Waals surface area contributed by atoms with Crippen molar-refractivity contribution in [3.8, 4) is 5.75 Å². The largest absolute Gasteiger partial charge is 0.497 e. The van der Waals surface area contributed by atoms with Crippen LogP contribution in [0, 0.1) is 0 Å². The lowest BCUT2D eigenvalue weighted by molar-refractivity contribution is -0.120. The van der Waals surface area contributed by atoms with Crippen molar-refractivity contribution in [2.75, 3.05) is 57.8 Å².